The highest BCUT2D eigenvalue weighted by Crippen LogP contribution is 2.30. The average molecular weight is 513 g/mol. The van der Waals surface area contributed by atoms with E-state index >= 15 is 0 Å². The van der Waals surface area contributed by atoms with Gasteiger partial charge in [0.15, 0.2) is 5.96 Å². The number of nitrogens with zero attached hydrogens (tertiary/aromatic N) is 3. The lowest BCUT2D eigenvalue weighted by atomic mass is 9.98. The van der Waals surface area contributed by atoms with Crippen LogP contribution in [-0.2, 0) is 10.0 Å². The fraction of sp³-hybridized carbons (Fsp3) is 0.944. The summed E-state index contributed by atoms with van der Waals surface area (Å²) < 4.78 is 24.8. The molecule has 3 aliphatic rings. The Labute approximate surface area is 181 Å². The molecule has 3 rings (SSSR count). The standard InChI is InChI=1S/C18H35N5O2S.HI/c1-19-18(20-13-15-5-11-23(12-6-15)26(2,24)25)21-17-7-9-22(10-8-17)14-16-3-4-16;/h15-17H,3-14H2,1-2H3,(H2,19,20,21);1H. The number of nitrogens with one attached hydrogen (secondary N) is 2. The summed E-state index contributed by atoms with van der Waals surface area (Å²) in [5, 5.41) is 7.02. The van der Waals surface area contributed by atoms with E-state index in [4.69, 9.17) is 0 Å². The van der Waals surface area contributed by atoms with E-state index in [-0.39, 0.29) is 24.0 Å². The zero-order chi connectivity index (χ0) is 18.6. The summed E-state index contributed by atoms with van der Waals surface area (Å²) in [5.74, 6) is 2.37. The van der Waals surface area contributed by atoms with Gasteiger partial charge in [-0.15, -0.1) is 24.0 Å². The van der Waals surface area contributed by atoms with Gasteiger partial charge in [0.1, 0.15) is 0 Å². The monoisotopic (exact) mass is 513 g/mol. The molecule has 158 valence electrons. The Bertz CT molecular complexity index is 581. The van der Waals surface area contributed by atoms with Gasteiger partial charge in [-0.1, -0.05) is 0 Å². The number of likely N-dealkylation sites (tertiary alicyclic amines) is 1. The minimum absolute atomic E-state index is 0. The van der Waals surface area contributed by atoms with Gasteiger partial charge < -0.3 is 15.5 Å². The second kappa shape index (κ2) is 10.6. The number of aliphatic imine (C=N–C) groups is 1. The Balaban J connectivity index is 0.00000261. The van der Waals surface area contributed by atoms with Crippen molar-refractivity contribution in [3.8, 4) is 0 Å². The lowest BCUT2D eigenvalue weighted by molar-refractivity contribution is 0.198. The summed E-state index contributed by atoms with van der Waals surface area (Å²) in [7, 11) is -1.22. The molecule has 2 heterocycles. The lowest BCUT2D eigenvalue weighted by Crippen LogP contribution is -2.50. The van der Waals surface area contributed by atoms with Crippen molar-refractivity contribution in [1.29, 1.82) is 0 Å². The van der Waals surface area contributed by atoms with Gasteiger partial charge in [-0.2, -0.15) is 0 Å². The minimum Gasteiger partial charge on any atom is -0.356 e. The van der Waals surface area contributed by atoms with Crippen LogP contribution in [0, 0.1) is 11.8 Å². The van der Waals surface area contributed by atoms with E-state index < -0.39 is 10.0 Å². The summed E-state index contributed by atoms with van der Waals surface area (Å²) in [4.78, 5) is 6.99. The van der Waals surface area contributed by atoms with Crippen LogP contribution in [0.15, 0.2) is 4.99 Å². The van der Waals surface area contributed by atoms with Gasteiger partial charge in [0.25, 0.3) is 0 Å². The third-order valence-corrected chi connectivity index (χ3v) is 7.27. The highest BCUT2D eigenvalue weighted by Gasteiger charge is 2.28. The Hall–Kier alpha value is -0.130. The third-order valence-electron chi connectivity index (χ3n) is 5.97. The van der Waals surface area contributed by atoms with Crippen LogP contribution in [0.2, 0.25) is 0 Å². The number of guanidine groups is 1. The molecule has 7 nitrogen and oxygen atoms in total. The van der Waals surface area contributed by atoms with Crippen LogP contribution >= 0.6 is 24.0 Å². The molecule has 0 aromatic heterocycles. The molecule has 0 spiro atoms. The second-order valence-electron chi connectivity index (χ2n) is 8.22. The molecule has 0 aromatic carbocycles. The first kappa shape index (κ1) is 23.2. The molecule has 0 radical (unpaired) electrons. The fourth-order valence-corrected chi connectivity index (χ4v) is 4.87. The maximum atomic E-state index is 11.6. The molecule has 0 aromatic rings. The number of piperidine rings is 2. The molecule has 0 amide bonds. The molecular weight excluding hydrogens is 477 g/mol. The van der Waals surface area contributed by atoms with Crippen molar-refractivity contribution in [3.05, 3.63) is 0 Å². The minimum atomic E-state index is -3.04. The molecule has 2 aliphatic heterocycles. The molecule has 27 heavy (non-hydrogen) atoms. The van der Waals surface area contributed by atoms with E-state index in [1.54, 1.807) is 4.31 Å². The van der Waals surface area contributed by atoms with Gasteiger partial charge in [-0.3, -0.25) is 4.99 Å². The van der Waals surface area contributed by atoms with Crippen LogP contribution in [-0.4, -0.2) is 82.2 Å². The van der Waals surface area contributed by atoms with Crippen LogP contribution in [0.5, 0.6) is 0 Å². The zero-order valence-electron chi connectivity index (χ0n) is 16.7. The quantitative estimate of drug-likeness (QED) is 0.318. The van der Waals surface area contributed by atoms with Crippen molar-refractivity contribution >= 4 is 40.0 Å². The number of sulfonamides is 1. The summed E-state index contributed by atoms with van der Waals surface area (Å²) >= 11 is 0. The van der Waals surface area contributed by atoms with Crippen molar-refractivity contribution in [2.45, 2.75) is 44.6 Å². The van der Waals surface area contributed by atoms with Crippen molar-refractivity contribution in [2.75, 3.05) is 52.6 Å². The predicted octanol–water partition coefficient (Wildman–Crippen LogP) is 1.32. The Kier molecular flexibility index (Phi) is 9.08. The normalized spacial score (nSPS) is 24.4. The van der Waals surface area contributed by atoms with Crippen molar-refractivity contribution in [3.63, 3.8) is 0 Å². The first-order valence-corrected chi connectivity index (χ1v) is 11.9. The third kappa shape index (κ3) is 7.66. The molecule has 3 fully saturated rings. The van der Waals surface area contributed by atoms with Crippen LogP contribution in [0.3, 0.4) is 0 Å². The smallest absolute Gasteiger partial charge is 0.211 e. The SMILES string of the molecule is CN=C(NCC1CCN(S(C)(=O)=O)CC1)NC1CCN(CC2CC2)CC1.I. The Morgan fingerprint density at radius 1 is 1.00 bits per heavy atom. The van der Waals surface area contributed by atoms with Gasteiger partial charge in [0.05, 0.1) is 6.26 Å². The Morgan fingerprint density at radius 2 is 1.63 bits per heavy atom. The molecule has 2 saturated heterocycles. The average Bonchev–Trinajstić information content (AvgIpc) is 3.43. The van der Waals surface area contributed by atoms with Gasteiger partial charge in [-0.05, 0) is 50.4 Å². The van der Waals surface area contributed by atoms with Gasteiger partial charge in [-0.25, -0.2) is 12.7 Å². The van der Waals surface area contributed by atoms with E-state index in [9.17, 15) is 8.42 Å². The molecule has 0 atom stereocenters. The molecule has 2 N–H and O–H groups in total. The fourth-order valence-electron chi connectivity index (χ4n) is 4.00. The van der Waals surface area contributed by atoms with Crippen LogP contribution in [0.25, 0.3) is 0 Å². The predicted molar refractivity (Wildman–Crippen MR) is 121 cm³/mol. The van der Waals surface area contributed by atoms with E-state index in [1.165, 1.54) is 51.6 Å². The van der Waals surface area contributed by atoms with Crippen molar-refractivity contribution in [1.82, 2.24) is 19.8 Å². The van der Waals surface area contributed by atoms with E-state index in [0.29, 0.717) is 25.0 Å². The molecular formula is C18H36IN5O2S. The largest absolute Gasteiger partial charge is 0.356 e. The maximum absolute atomic E-state index is 11.6. The van der Waals surface area contributed by atoms with E-state index in [2.05, 4.69) is 20.5 Å². The molecule has 9 heteroatoms. The number of hydrogen-bond acceptors (Lipinski definition) is 4. The van der Waals surface area contributed by atoms with Crippen molar-refractivity contribution in [2.24, 2.45) is 16.8 Å². The van der Waals surface area contributed by atoms with Crippen LogP contribution in [0.4, 0.5) is 0 Å². The lowest BCUT2D eigenvalue weighted by Gasteiger charge is -2.34. The van der Waals surface area contributed by atoms with E-state index in [1.807, 2.05) is 7.05 Å². The maximum Gasteiger partial charge on any atom is 0.211 e. The number of halogens is 1. The topological polar surface area (TPSA) is 77.0 Å². The highest BCUT2D eigenvalue weighted by molar-refractivity contribution is 14.0. The summed E-state index contributed by atoms with van der Waals surface area (Å²) in [6.45, 7) is 5.81. The van der Waals surface area contributed by atoms with E-state index in [0.717, 1.165) is 31.3 Å². The Morgan fingerprint density at radius 3 is 2.15 bits per heavy atom. The van der Waals surface area contributed by atoms with Crippen molar-refractivity contribution < 1.29 is 8.42 Å². The van der Waals surface area contributed by atoms with Gasteiger partial charge in [0, 0.05) is 52.4 Å². The number of rotatable bonds is 6. The summed E-state index contributed by atoms with van der Waals surface area (Å²) in [6, 6.07) is 0.503. The first-order valence-electron chi connectivity index (χ1n) is 10.1. The second-order valence-corrected chi connectivity index (χ2v) is 10.2. The van der Waals surface area contributed by atoms with Gasteiger partial charge >= 0.3 is 0 Å². The summed E-state index contributed by atoms with van der Waals surface area (Å²) in [6.07, 6.45) is 8.34. The first-order chi connectivity index (χ1) is 12.4. The molecule has 1 aliphatic carbocycles. The highest BCUT2D eigenvalue weighted by atomic mass is 127. The summed E-state index contributed by atoms with van der Waals surface area (Å²) in [5.41, 5.74) is 0. The zero-order valence-corrected chi connectivity index (χ0v) is 19.8. The van der Waals surface area contributed by atoms with Crippen LogP contribution in [0.1, 0.15) is 38.5 Å². The van der Waals surface area contributed by atoms with Crippen LogP contribution < -0.4 is 10.6 Å². The molecule has 0 bridgehead atoms. The molecule has 1 saturated carbocycles. The number of hydrogen-bond donors (Lipinski definition) is 2. The molecule has 0 unspecified atom stereocenters. The van der Waals surface area contributed by atoms with Gasteiger partial charge in [0.2, 0.25) is 10.0 Å².